The molecule has 0 N–H and O–H groups in total. The molecule has 2 heterocycles. The van der Waals surface area contributed by atoms with Crippen molar-refractivity contribution < 1.29 is 9.32 Å². The number of nitrogens with zero attached hydrogens (tertiary/aromatic N) is 3. The zero-order valence-corrected chi connectivity index (χ0v) is 17.2. The van der Waals surface area contributed by atoms with Crippen LogP contribution >= 0.6 is 11.3 Å². The molecule has 148 valence electrons. The highest BCUT2D eigenvalue weighted by Gasteiger charge is 2.12. The summed E-state index contributed by atoms with van der Waals surface area (Å²) in [6.07, 6.45) is 2.77. The predicted octanol–water partition coefficient (Wildman–Crippen LogP) is 4.98. The fourth-order valence-corrected chi connectivity index (χ4v) is 4.19. The van der Waals surface area contributed by atoms with Crippen molar-refractivity contribution in [2.24, 2.45) is 0 Å². The number of hydrogen-bond acceptors (Lipinski definition) is 5. The van der Waals surface area contributed by atoms with E-state index in [4.69, 9.17) is 4.52 Å². The van der Waals surface area contributed by atoms with Crippen molar-refractivity contribution in [3.63, 3.8) is 0 Å². The van der Waals surface area contributed by atoms with Gasteiger partial charge in [0.2, 0.25) is 5.91 Å². The first-order valence-corrected chi connectivity index (χ1v) is 10.6. The Balaban J connectivity index is 1.22. The van der Waals surface area contributed by atoms with Gasteiger partial charge in [-0.1, -0.05) is 47.6 Å². The van der Waals surface area contributed by atoms with E-state index >= 15 is 0 Å². The van der Waals surface area contributed by atoms with Crippen LogP contribution in [0.4, 0.5) is 0 Å². The summed E-state index contributed by atoms with van der Waals surface area (Å²) in [5, 5.41) is 5.16. The fourth-order valence-electron chi connectivity index (χ4n) is 3.22. The summed E-state index contributed by atoms with van der Waals surface area (Å²) in [4.78, 5) is 18.8. The van der Waals surface area contributed by atoms with Gasteiger partial charge >= 0.3 is 0 Å². The smallest absolute Gasteiger partial charge is 0.222 e. The van der Waals surface area contributed by atoms with Crippen molar-refractivity contribution >= 4 is 27.5 Å². The van der Waals surface area contributed by atoms with Gasteiger partial charge in [-0.25, -0.2) is 4.98 Å². The number of amides is 1. The number of thiazole rings is 1. The molecule has 0 saturated heterocycles. The van der Waals surface area contributed by atoms with Gasteiger partial charge in [0.15, 0.2) is 0 Å². The van der Waals surface area contributed by atoms with Crippen molar-refractivity contribution in [2.75, 3.05) is 13.6 Å². The summed E-state index contributed by atoms with van der Waals surface area (Å²) in [6, 6.07) is 20.0. The SMILES string of the molecule is CN(CCCc1cc(-c2ccccc2)no1)C(=O)CCc1nc2ccccc2s1. The van der Waals surface area contributed by atoms with Crippen molar-refractivity contribution in [1.29, 1.82) is 0 Å². The standard InChI is InChI=1S/C23H23N3O2S/c1-26(23(27)14-13-22-24-19-11-5-6-12-21(19)29-22)15-7-10-18-16-20(25-28-18)17-8-3-2-4-9-17/h2-6,8-9,11-12,16H,7,10,13-15H2,1H3. The van der Waals surface area contributed by atoms with E-state index in [-0.39, 0.29) is 5.91 Å². The number of fused-ring (bicyclic) bond motifs is 1. The Bertz CT molecular complexity index is 1050. The van der Waals surface area contributed by atoms with Gasteiger partial charge in [0.1, 0.15) is 11.5 Å². The predicted molar refractivity (Wildman–Crippen MR) is 116 cm³/mol. The highest BCUT2D eigenvalue weighted by Crippen LogP contribution is 2.23. The molecular weight excluding hydrogens is 382 g/mol. The van der Waals surface area contributed by atoms with Gasteiger partial charge in [-0.2, -0.15) is 0 Å². The second-order valence-electron chi connectivity index (χ2n) is 7.04. The number of aryl methyl sites for hydroxylation is 2. The normalized spacial score (nSPS) is 11.1. The lowest BCUT2D eigenvalue weighted by Gasteiger charge is -2.16. The van der Waals surface area contributed by atoms with E-state index in [2.05, 4.69) is 16.2 Å². The molecule has 4 rings (SSSR count). The number of benzene rings is 2. The van der Waals surface area contributed by atoms with Gasteiger partial charge < -0.3 is 9.42 Å². The first kappa shape index (κ1) is 19.3. The molecule has 0 bridgehead atoms. The Kier molecular flexibility index (Phi) is 6.00. The van der Waals surface area contributed by atoms with Crippen molar-refractivity contribution in [3.05, 3.63) is 71.4 Å². The summed E-state index contributed by atoms with van der Waals surface area (Å²) in [5.74, 6) is 0.992. The van der Waals surface area contributed by atoms with Crippen LogP contribution in [0.15, 0.2) is 65.2 Å². The Labute approximate surface area is 174 Å². The number of carbonyl (C=O) groups excluding carboxylic acids is 1. The molecule has 0 fully saturated rings. The maximum atomic E-state index is 12.4. The average molecular weight is 406 g/mol. The third kappa shape index (κ3) is 4.90. The number of carbonyl (C=O) groups is 1. The van der Waals surface area contributed by atoms with Crippen molar-refractivity contribution in [3.8, 4) is 11.3 Å². The molecule has 0 saturated carbocycles. The highest BCUT2D eigenvalue weighted by atomic mass is 32.1. The van der Waals surface area contributed by atoms with E-state index in [1.54, 1.807) is 16.2 Å². The van der Waals surface area contributed by atoms with Crippen LogP contribution in [0.3, 0.4) is 0 Å². The molecule has 2 aromatic heterocycles. The minimum atomic E-state index is 0.145. The van der Waals surface area contributed by atoms with Gasteiger partial charge in [-0.05, 0) is 18.6 Å². The molecule has 0 unspecified atom stereocenters. The first-order valence-electron chi connectivity index (χ1n) is 9.78. The topological polar surface area (TPSA) is 59.2 Å². The molecule has 0 radical (unpaired) electrons. The van der Waals surface area contributed by atoms with Crippen LogP contribution in [-0.4, -0.2) is 34.5 Å². The van der Waals surface area contributed by atoms with Crippen LogP contribution in [-0.2, 0) is 17.6 Å². The van der Waals surface area contributed by atoms with E-state index in [0.29, 0.717) is 19.4 Å². The Morgan fingerprint density at radius 3 is 2.69 bits per heavy atom. The molecule has 0 aliphatic rings. The zero-order valence-electron chi connectivity index (χ0n) is 16.4. The van der Waals surface area contributed by atoms with Gasteiger partial charge in [-0.15, -0.1) is 11.3 Å². The lowest BCUT2D eigenvalue weighted by Crippen LogP contribution is -2.28. The van der Waals surface area contributed by atoms with Gasteiger partial charge in [0.25, 0.3) is 0 Å². The van der Waals surface area contributed by atoms with Crippen LogP contribution in [0, 0.1) is 0 Å². The summed E-state index contributed by atoms with van der Waals surface area (Å²) in [6.45, 7) is 0.694. The molecule has 5 nitrogen and oxygen atoms in total. The summed E-state index contributed by atoms with van der Waals surface area (Å²) < 4.78 is 6.61. The number of hydrogen-bond donors (Lipinski definition) is 0. The van der Waals surface area contributed by atoms with E-state index in [1.165, 1.54) is 4.70 Å². The first-order chi connectivity index (χ1) is 14.2. The number of rotatable bonds is 8. The molecule has 0 aliphatic heterocycles. The van der Waals surface area contributed by atoms with Crippen LogP contribution < -0.4 is 0 Å². The molecule has 1 amide bonds. The third-order valence-electron chi connectivity index (χ3n) is 4.86. The third-order valence-corrected chi connectivity index (χ3v) is 5.96. The molecule has 0 aliphatic carbocycles. The Hall–Kier alpha value is -2.99. The molecule has 0 spiro atoms. The molecule has 0 atom stereocenters. The Morgan fingerprint density at radius 2 is 1.86 bits per heavy atom. The number of aromatic nitrogens is 2. The van der Waals surface area contributed by atoms with Gasteiger partial charge in [-0.3, -0.25) is 4.79 Å². The second-order valence-corrected chi connectivity index (χ2v) is 8.15. The molecule has 4 aromatic rings. The van der Waals surface area contributed by atoms with E-state index in [1.807, 2.05) is 61.6 Å². The van der Waals surface area contributed by atoms with Crippen LogP contribution in [0.1, 0.15) is 23.6 Å². The minimum absolute atomic E-state index is 0.145. The monoisotopic (exact) mass is 405 g/mol. The molecule has 29 heavy (non-hydrogen) atoms. The molecule has 2 aromatic carbocycles. The second kappa shape index (κ2) is 9.01. The van der Waals surface area contributed by atoms with E-state index < -0.39 is 0 Å². The highest BCUT2D eigenvalue weighted by molar-refractivity contribution is 7.18. The molecule has 6 heteroatoms. The van der Waals surface area contributed by atoms with Crippen molar-refractivity contribution in [1.82, 2.24) is 15.0 Å². The average Bonchev–Trinajstić information content (AvgIpc) is 3.39. The minimum Gasteiger partial charge on any atom is -0.361 e. The molecular formula is C23H23N3O2S. The van der Waals surface area contributed by atoms with Crippen LogP contribution in [0.25, 0.3) is 21.5 Å². The summed E-state index contributed by atoms with van der Waals surface area (Å²) in [7, 11) is 1.86. The van der Waals surface area contributed by atoms with Crippen molar-refractivity contribution in [2.45, 2.75) is 25.7 Å². The summed E-state index contributed by atoms with van der Waals surface area (Å²) >= 11 is 1.67. The zero-order chi connectivity index (χ0) is 20.1. The maximum absolute atomic E-state index is 12.4. The lowest BCUT2D eigenvalue weighted by molar-refractivity contribution is -0.129. The van der Waals surface area contributed by atoms with Crippen LogP contribution in [0.2, 0.25) is 0 Å². The van der Waals surface area contributed by atoms with E-state index in [9.17, 15) is 4.79 Å². The maximum Gasteiger partial charge on any atom is 0.222 e. The Morgan fingerprint density at radius 1 is 1.07 bits per heavy atom. The van der Waals surface area contributed by atoms with Gasteiger partial charge in [0.05, 0.1) is 15.2 Å². The van der Waals surface area contributed by atoms with E-state index in [0.717, 1.165) is 40.4 Å². The largest absolute Gasteiger partial charge is 0.361 e. The number of para-hydroxylation sites is 1. The lowest BCUT2D eigenvalue weighted by atomic mass is 10.1. The van der Waals surface area contributed by atoms with Crippen LogP contribution in [0.5, 0.6) is 0 Å². The van der Waals surface area contributed by atoms with Gasteiger partial charge in [0, 0.05) is 44.5 Å². The quantitative estimate of drug-likeness (QED) is 0.415. The fraction of sp³-hybridized carbons (Fsp3) is 0.261. The summed E-state index contributed by atoms with van der Waals surface area (Å²) in [5.41, 5.74) is 2.90.